The van der Waals surface area contributed by atoms with Gasteiger partial charge in [-0.15, -0.1) is 0 Å². The first kappa shape index (κ1) is 40.4. The van der Waals surface area contributed by atoms with Crippen molar-refractivity contribution in [1.29, 1.82) is 0 Å². The van der Waals surface area contributed by atoms with Crippen LogP contribution in [0.15, 0.2) is 94.7 Å². The molecule has 0 fully saturated rings. The summed E-state index contributed by atoms with van der Waals surface area (Å²) in [6, 6.07) is 16.3. The smallest absolute Gasteiger partial charge is 0.411 e. The van der Waals surface area contributed by atoms with E-state index in [2.05, 4.69) is 20.8 Å². The van der Waals surface area contributed by atoms with Crippen LogP contribution >= 0.6 is 0 Å². The number of hydrogen-bond acceptors (Lipinski definition) is 6. The quantitative estimate of drug-likeness (QED) is 0.104. The third kappa shape index (κ3) is 7.42. The molecule has 0 heterocycles. The Bertz CT molecular complexity index is 1950. The van der Waals surface area contributed by atoms with Gasteiger partial charge in [0.25, 0.3) is 0 Å². The third-order valence-corrected chi connectivity index (χ3v) is 12.2. The molecule has 0 saturated heterocycles. The Morgan fingerprint density at radius 1 is 0.577 bits per heavy atom. The van der Waals surface area contributed by atoms with Crippen LogP contribution in [0.2, 0.25) is 0 Å². The van der Waals surface area contributed by atoms with E-state index in [1.54, 1.807) is 31.2 Å². The maximum absolute atomic E-state index is 14.9. The van der Waals surface area contributed by atoms with Gasteiger partial charge in [-0.2, -0.15) is 26.3 Å². The summed E-state index contributed by atoms with van der Waals surface area (Å²) in [5.74, 6) is -0.243. The van der Waals surface area contributed by atoms with Crippen LogP contribution in [0.4, 0.5) is 37.7 Å². The molecule has 4 rings (SSSR count). The average Bonchev–Trinajstić information content (AvgIpc) is 3.09. The number of nitrogen functional groups attached to an aromatic ring is 2. The van der Waals surface area contributed by atoms with E-state index in [0.29, 0.717) is 37.1 Å². The second-order valence-corrected chi connectivity index (χ2v) is 15.3. The standard InChI is InChI=1S/C39H44F6N2O4S/c1-7-35(5,8-2)25-11-17-29(18-12-25)52(48,49)30-19-15-28(16-20-30)50-33-21-13-26(23-31(33)46)37(38(40,41)42,39(43,44)45)27-14-22-34(32(47)24-27)51-36(6,9-3)10-4/h11-24H,7-10,46-47H2,1-6H3. The summed E-state index contributed by atoms with van der Waals surface area (Å²) in [7, 11) is -3.92. The highest BCUT2D eigenvalue weighted by Crippen LogP contribution is 2.57. The molecule has 0 aliphatic carbocycles. The molecule has 0 spiro atoms. The number of benzene rings is 4. The van der Waals surface area contributed by atoms with Crippen LogP contribution in [0.1, 0.15) is 83.9 Å². The van der Waals surface area contributed by atoms with Crippen molar-refractivity contribution in [3.63, 3.8) is 0 Å². The highest BCUT2D eigenvalue weighted by Gasteiger charge is 2.72. The molecule has 282 valence electrons. The summed E-state index contributed by atoms with van der Waals surface area (Å²) in [6.07, 6.45) is -8.97. The first-order valence-corrected chi connectivity index (χ1v) is 18.4. The summed E-state index contributed by atoms with van der Waals surface area (Å²) in [4.78, 5) is 0.0379. The van der Waals surface area contributed by atoms with Crippen LogP contribution in [-0.4, -0.2) is 26.4 Å². The molecule has 0 bridgehead atoms. The molecule has 0 atom stereocenters. The van der Waals surface area contributed by atoms with Crippen molar-refractivity contribution >= 4 is 21.2 Å². The summed E-state index contributed by atoms with van der Waals surface area (Å²) < 4.78 is 128. The highest BCUT2D eigenvalue weighted by molar-refractivity contribution is 7.91. The maximum atomic E-state index is 14.9. The molecule has 0 unspecified atom stereocenters. The van der Waals surface area contributed by atoms with Crippen LogP contribution in [0.5, 0.6) is 17.2 Å². The van der Waals surface area contributed by atoms with E-state index in [9.17, 15) is 34.8 Å². The Balaban J connectivity index is 1.67. The molecule has 4 N–H and O–H groups in total. The van der Waals surface area contributed by atoms with Gasteiger partial charge in [0.05, 0.1) is 21.2 Å². The second kappa shape index (κ2) is 14.6. The number of rotatable bonds is 13. The van der Waals surface area contributed by atoms with Gasteiger partial charge in [-0.05, 0) is 115 Å². The molecule has 13 heteroatoms. The molecular weight excluding hydrogens is 706 g/mol. The molecule has 0 amide bonds. The van der Waals surface area contributed by atoms with Gasteiger partial charge < -0.3 is 20.9 Å². The number of halogens is 6. The van der Waals surface area contributed by atoms with Crippen LogP contribution in [0, 0.1) is 0 Å². The van der Waals surface area contributed by atoms with E-state index in [0.717, 1.165) is 30.5 Å². The van der Waals surface area contributed by atoms with Gasteiger partial charge in [0, 0.05) is 0 Å². The number of anilines is 2. The number of sulfone groups is 1. The number of hydrogen-bond donors (Lipinski definition) is 2. The summed E-state index contributed by atoms with van der Waals surface area (Å²) in [5.41, 5.74) is 4.40. The predicted molar refractivity (Wildman–Crippen MR) is 191 cm³/mol. The van der Waals surface area contributed by atoms with E-state index in [-0.39, 0.29) is 32.5 Å². The van der Waals surface area contributed by atoms with E-state index >= 15 is 0 Å². The molecule has 0 saturated carbocycles. The van der Waals surface area contributed by atoms with E-state index < -0.39 is 55.7 Å². The molecule has 4 aromatic carbocycles. The van der Waals surface area contributed by atoms with Crippen molar-refractivity contribution < 1.29 is 44.2 Å². The molecule has 0 aliphatic heterocycles. The van der Waals surface area contributed by atoms with Crippen molar-refractivity contribution in [3.8, 4) is 17.2 Å². The molecular formula is C39H44F6N2O4S. The van der Waals surface area contributed by atoms with Gasteiger partial charge in [-0.3, -0.25) is 0 Å². The van der Waals surface area contributed by atoms with Gasteiger partial charge in [0.15, 0.2) is 0 Å². The number of alkyl halides is 6. The van der Waals surface area contributed by atoms with E-state index in [4.69, 9.17) is 20.9 Å². The van der Waals surface area contributed by atoms with Crippen LogP contribution < -0.4 is 20.9 Å². The summed E-state index contributed by atoms with van der Waals surface area (Å²) in [5, 5.41) is 0. The zero-order valence-electron chi connectivity index (χ0n) is 29.9. The van der Waals surface area contributed by atoms with Crippen molar-refractivity contribution in [2.24, 2.45) is 0 Å². The predicted octanol–water partition coefficient (Wildman–Crippen LogP) is 10.9. The third-order valence-electron chi connectivity index (χ3n) is 10.4. The van der Waals surface area contributed by atoms with Crippen molar-refractivity contribution in [2.45, 2.75) is 106 Å². The normalized spacial score (nSPS) is 13.2. The zero-order chi connectivity index (χ0) is 38.9. The number of ether oxygens (including phenoxy) is 2. The van der Waals surface area contributed by atoms with Gasteiger partial charge in [0.1, 0.15) is 22.8 Å². The second-order valence-electron chi connectivity index (χ2n) is 13.4. The Hall–Kier alpha value is -4.39. The van der Waals surface area contributed by atoms with Crippen molar-refractivity contribution in [1.82, 2.24) is 0 Å². The topological polar surface area (TPSA) is 105 Å². The highest BCUT2D eigenvalue weighted by atomic mass is 32.2. The van der Waals surface area contributed by atoms with Crippen LogP contribution in [-0.2, 0) is 20.7 Å². The van der Waals surface area contributed by atoms with Crippen molar-refractivity contribution in [2.75, 3.05) is 11.5 Å². The minimum atomic E-state index is -5.89. The Morgan fingerprint density at radius 3 is 1.37 bits per heavy atom. The lowest BCUT2D eigenvalue weighted by Gasteiger charge is -2.39. The largest absolute Gasteiger partial charge is 0.485 e. The number of nitrogens with two attached hydrogens (primary N) is 2. The summed E-state index contributed by atoms with van der Waals surface area (Å²) >= 11 is 0. The van der Waals surface area contributed by atoms with Gasteiger partial charge >= 0.3 is 12.4 Å². The lowest BCUT2D eigenvalue weighted by Crippen LogP contribution is -2.54. The van der Waals surface area contributed by atoms with E-state index in [1.807, 2.05) is 13.8 Å². The molecule has 0 radical (unpaired) electrons. The van der Waals surface area contributed by atoms with Crippen molar-refractivity contribution in [3.05, 3.63) is 102 Å². The molecule has 6 nitrogen and oxygen atoms in total. The van der Waals surface area contributed by atoms with E-state index in [1.165, 1.54) is 24.3 Å². The van der Waals surface area contributed by atoms with Crippen LogP contribution in [0.3, 0.4) is 0 Å². The van der Waals surface area contributed by atoms with Gasteiger partial charge in [-0.1, -0.05) is 58.9 Å². The lowest BCUT2D eigenvalue weighted by atomic mass is 9.72. The minimum absolute atomic E-state index is 0.0420. The fourth-order valence-electron chi connectivity index (χ4n) is 6.04. The average molecular weight is 751 g/mol. The summed E-state index contributed by atoms with van der Waals surface area (Å²) in [6.45, 7) is 11.7. The fourth-order valence-corrected chi connectivity index (χ4v) is 7.30. The monoisotopic (exact) mass is 750 g/mol. The first-order chi connectivity index (χ1) is 24.1. The Kier molecular flexibility index (Phi) is 11.3. The lowest BCUT2D eigenvalue weighted by molar-refractivity contribution is -0.288. The molecule has 4 aromatic rings. The maximum Gasteiger partial charge on any atom is 0.411 e. The molecule has 0 aliphatic rings. The Labute approximate surface area is 301 Å². The first-order valence-electron chi connectivity index (χ1n) is 16.9. The van der Waals surface area contributed by atoms with Gasteiger partial charge in [-0.25, -0.2) is 8.42 Å². The molecule has 0 aromatic heterocycles. The SMILES string of the molecule is CCC(C)(CC)Oc1ccc(C(c2ccc(Oc3ccc(S(=O)(=O)c4ccc(C(C)(CC)CC)cc4)cc3)c(N)c2)(C(F)(F)F)C(F)(F)F)cc1N. The fraction of sp³-hybridized carbons (Fsp3) is 0.385. The minimum Gasteiger partial charge on any atom is -0.485 e. The Morgan fingerprint density at radius 2 is 0.981 bits per heavy atom. The van der Waals surface area contributed by atoms with Crippen LogP contribution in [0.25, 0.3) is 0 Å². The zero-order valence-corrected chi connectivity index (χ0v) is 30.7. The van der Waals surface area contributed by atoms with Gasteiger partial charge in [0.2, 0.25) is 15.3 Å². The molecule has 52 heavy (non-hydrogen) atoms.